The molecule has 0 saturated carbocycles. The van der Waals surface area contributed by atoms with Gasteiger partial charge in [0.2, 0.25) is 10.0 Å². The Hall–Kier alpha value is -2.94. The second-order valence-corrected chi connectivity index (χ2v) is 10.5. The van der Waals surface area contributed by atoms with Crippen molar-refractivity contribution in [2.75, 3.05) is 25.4 Å². The summed E-state index contributed by atoms with van der Waals surface area (Å²) >= 11 is 0.889. The third-order valence-electron chi connectivity index (χ3n) is 5.31. The molecule has 2 aromatic rings. The fraction of sp³-hybridized carbons (Fsp3) is 0.409. The van der Waals surface area contributed by atoms with E-state index in [9.17, 15) is 23.3 Å². The first-order valence-corrected chi connectivity index (χ1v) is 12.7. The molecule has 1 aromatic carbocycles. The summed E-state index contributed by atoms with van der Waals surface area (Å²) in [5, 5.41) is 9.52. The zero-order valence-electron chi connectivity index (χ0n) is 18.4. The van der Waals surface area contributed by atoms with Crippen LogP contribution in [0.1, 0.15) is 62.9 Å². The van der Waals surface area contributed by atoms with Gasteiger partial charge in [0.15, 0.2) is 0 Å². The van der Waals surface area contributed by atoms with Crippen molar-refractivity contribution < 1.29 is 27.5 Å². The van der Waals surface area contributed by atoms with Gasteiger partial charge in [0.05, 0.1) is 22.6 Å². The molecule has 0 atom stereocenters. The van der Waals surface area contributed by atoms with E-state index in [1.807, 2.05) is 6.07 Å². The van der Waals surface area contributed by atoms with Gasteiger partial charge >= 0.3 is 11.9 Å². The summed E-state index contributed by atoms with van der Waals surface area (Å²) in [5.41, 5.74) is 6.63. The van der Waals surface area contributed by atoms with Crippen molar-refractivity contribution in [3.63, 3.8) is 0 Å². The van der Waals surface area contributed by atoms with Crippen LogP contribution in [-0.2, 0) is 26.1 Å². The minimum absolute atomic E-state index is 0.0492. The third-order valence-corrected chi connectivity index (χ3v) is 8.39. The number of aryl methyl sites for hydroxylation is 1. The van der Waals surface area contributed by atoms with Crippen LogP contribution in [0, 0.1) is 18.3 Å². The highest BCUT2D eigenvalue weighted by atomic mass is 32.2. The van der Waals surface area contributed by atoms with Gasteiger partial charge in [-0.05, 0) is 44.4 Å². The quantitative estimate of drug-likeness (QED) is 0.582. The summed E-state index contributed by atoms with van der Waals surface area (Å²) in [6.07, 6.45) is 2.59. The topological polar surface area (TPSA) is 140 Å². The highest BCUT2D eigenvalue weighted by Crippen LogP contribution is 2.32. The Morgan fingerprint density at radius 3 is 2.52 bits per heavy atom. The lowest BCUT2D eigenvalue weighted by Crippen LogP contribution is -2.36. The number of thiophene rings is 1. The van der Waals surface area contributed by atoms with Crippen molar-refractivity contribution >= 4 is 38.3 Å². The van der Waals surface area contributed by atoms with Crippen molar-refractivity contribution in [1.82, 2.24) is 4.31 Å². The van der Waals surface area contributed by atoms with Crippen LogP contribution in [0.2, 0.25) is 0 Å². The number of carbonyl (C=O) groups excluding carboxylic acids is 2. The number of nitriles is 1. The van der Waals surface area contributed by atoms with Gasteiger partial charge in [-0.2, -0.15) is 9.57 Å². The van der Waals surface area contributed by atoms with Crippen molar-refractivity contribution in [2.24, 2.45) is 0 Å². The van der Waals surface area contributed by atoms with Crippen LogP contribution in [0.3, 0.4) is 0 Å². The zero-order valence-corrected chi connectivity index (χ0v) is 20.1. The second kappa shape index (κ2) is 10.3. The van der Waals surface area contributed by atoms with E-state index in [1.54, 1.807) is 19.9 Å². The molecule has 0 amide bonds. The number of nitrogens with two attached hydrogens (primary N) is 1. The minimum atomic E-state index is -3.74. The maximum atomic E-state index is 13.1. The van der Waals surface area contributed by atoms with Crippen molar-refractivity contribution in [1.29, 1.82) is 5.26 Å². The summed E-state index contributed by atoms with van der Waals surface area (Å²) < 4.78 is 38.0. The molecule has 11 heteroatoms. The Kier molecular flexibility index (Phi) is 7.73. The predicted molar refractivity (Wildman–Crippen MR) is 122 cm³/mol. The molecule has 1 aliphatic rings. The molecule has 0 unspecified atom stereocenters. The maximum Gasteiger partial charge on any atom is 0.348 e. The van der Waals surface area contributed by atoms with E-state index in [-0.39, 0.29) is 44.7 Å². The van der Waals surface area contributed by atoms with E-state index in [0.717, 1.165) is 30.6 Å². The van der Waals surface area contributed by atoms with Gasteiger partial charge in [-0.15, -0.1) is 11.3 Å². The molecule has 176 valence electrons. The molecule has 2 N–H and O–H groups in total. The first-order chi connectivity index (χ1) is 15.7. The van der Waals surface area contributed by atoms with E-state index < -0.39 is 22.0 Å². The monoisotopic (exact) mass is 491 g/mol. The number of hydrogen-bond acceptors (Lipinski definition) is 9. The van der Waals surface area contributed by atoms with Crippen LogP contribution >= 0.6 is 11.3 Å². The lowest BCUT2D eigenvalue weighted by atomic mass is 10.1. The van der Waals surface area contributed by atoms with Gasteiger partial charge in [-0.25, -0.2) is 18.0 Å². The molecule has 0 spiro atoms. The van der Waals surface area contributed by atoms with Gasteiger partial charge < -0.3 is 15.2 Å². The molecular weight excluding hydrogens is 466 g/mol. The van der Waals surface area contributed by atoms with Crippen LogP contribution in [-0.4, -0.2) is 44.4 Å². The van der Waals surface area contributed by atoms with Crippen LogP contribution in [0.5, 0.6) is 0 Å². The van der Waals surface area contributed by atoms with Crippen LogP contribution in [0.15, 0.2) is 23.1 Å². The molecule has 9 nitrogen and oxygen atoms in total. The number of nitrogen functional groups attached to an aromatic ring is 1. The minimum Gasteiger partial charge on any atom is -0.462 e. The predicted octanol–water partition coefficient (Wildman–Crippen LogP) is 3.22. The molecule has 2 heterocycles. The zero-order chi connectivity index (χ0) is 24.2. The largest absolute Gasteiger partial charge is 0.462 e. The van der Waals surface area contributed by atoms with Gasteiger partial charge in [0.25, 0.3) is 0 Å². The Morgan fingerprint density at radius 1 is 1.18 bits per heavy atom. The summed E-state index contributed by atoms with van der Waals surface area (Å²) in [6, 6.07) is 6.26. The van der Waals surface area contributed by atoms with Gasteiger partial charge in [-0.3, -0.25) is 0 Å². The number of sulfonamides is 1. The number of esters is 2. The summed E-state index contributed by atoms with van der Waals surface area (Å²) in [7, 11) is -3.74. The normalized spacial score (nSPS) is 14.5. The molecule has 1 aromatic heterocycles. The molecule has 1 fully saturated rings. The van der Waals surface area contributed by atoms with E-state index in [2.05, 4.69) is 0 Å². The number of benzene rings is 1. The number of rotatable bonds is 7. The number of hydrogen-bond donors (Lipinski definition) is 1. The Morgan fingerprint density at radius 2 is 1.88 bits per heavy atom. The number of anilines is 1. The fourth-order valence-electron chi connectivity index (χ4n) is 3.58. The second-order valence-electron chi connectivity index (χ2n) is 7.50. The number of ether oxygens (including phenoxy) is 2. The van der Waals surface area contributed by atoms with Crippen LogP contribution in [0.4, 0.5) is 5.00 Å². The maximum absolute atomic E-state index is 13.1. The average molecular weight is 492 g/mol. The highest BCUT2D eigenvalue weighted by molar-refractivity contribution is 7.89. The SMILES string of the molecule is CCOC(=O)c1sc(N)c(C#N)c1COC(=O)c1ccc(C)c(S(=O)(=O)N2CCCCC2)c1. The van der Waals surface area contributed by atoms with E-state index in [0.29, 0.717) is 18.7 Å². The fourth-order valence-corrected chi connectivity index (χ4v) is 6.26. The van der Waals surface area contributed by atoms with Crippen molar-refractivity contribution in [3.8, 4) is 6.07 Å². The summed E-state index contributed by atoms with van der Waals surface area (Å²) in [5.74, 6) is -1.44. The summed E-state index contributed by atoms with van der Waals surface area (Å²) in [4.78, 5) is 25.1. The van der Waals surface area contributed by atoms with Gasteiger partial charge in [0, 0.05) is 18.7 Å². The Bertz CT molecular complexity index is 1210. The average Bonchev–Trinajstić information content (AvgIpc) is 3.13. The molecule has 1 aliphatic heterocycles. The Balaban J connectivity index is 1.85. The first-order valence-electron chi connectivity index (χ1n) is 10.5. The highest BCUT2D eigenvalue weighted by Gasteiger charge is 2.29. The third kappa shape index (κ3) is 5.19. The van der Waals surface area contributed by atoms with Crippen LogP contribution < -0.4 is 5.73 Å². The smallest absolute Gasteiger partial charge is 0.348 e. The summed E-state index contributed by atoms with van der Waals surface area (Å²) in [6.45, 7) is 3.96. The molecule has 3 rings (SSSR count). The lowest BCUT2D eigenvalue weighted by Gasteiger charge is -2.26. The molecule has 0 bridgehead atoms. The standard InChI is InChI=1S/C22H25N3O6S2/c1-3-30-22(27)19-17(16(12-23)20(24)32-19)13-31-21(26)15-8-7-14(2)18(11-15)33(28,29)25-9-5-4-6-10-25/h7-8,11H,3-6,9-10,13,24H2,1-2H3. The molecule has 0 radical (unpaired) electrons. The number of nitrogens with zero attached hydrogens (tertiary/aromatic N) is 2. The molecular formula is C22H25N3O6S2. The number of piperidine rings is 1. The number of carbonyl (C=O) groups is 2. The molecule has 33 heavy (non-hydrogen) atoms. The first kappa shape index (κ1) is 24.7. The lowest BCUT2D eigenvalue weighted by molar-refractivity contribution is 0.0452. The van der Waals surface area contributed by atoms with Crippen molar-refractivity contribution in [3.05, 3.63) is 45.3 Å². The van der Waals surface area contributed by atoms with Gasteiger partial charge in [0.1, 0.15) is 22.6 Å². The van der Waals surface area contributed by atoms with Crippen molar-refractivity contribution in [2.45, 2.75) is 44.6 Å². The van der Waals surface area contributed by atoms with E-state index in [1.165, 1.54) is 16.4 Å². The van der Waals surface area contributed by atoms with E-state index >= 15 is 0 Å². The van der Waals surface area contributed by atoms with Crippen LogP contribution in [0.25, 0.3) is 0 Å². The van der Waals surface area contributed by atoms with E-state index in [4.69, 9.17) is 15.2 Å². The molecule has 1 saturated heterocycles. The Labute approximate surface area is 196 Å². The molecule has 0 aliphatic carbocycles. The van der Waals surface area contributed by atoms with Gasteiger partial charge in [-0.1, -0.05) is 12.5 Å².